The first-order valence-electron chi connectivity index (χ1n) is 13.9. The van der Waals surface area contributed by atoms with E-state index in [4.69, 9.17) is 4.74 Å². The van der Waals surface area contributed by atoms with Crippen LogP contribution in [0.25, 0.3) is 0 Å². The van der Waals surface area contributed by atoms with Crippen molar-refractivity contribution in [1.29, 1.82) is 0 Å². The summed E-state index contributed by atoms with van der Waals surface area (Å²) in [4.78, 5) is 44.5. The van der Waals surface area contributed by atoms with Gasteiger partial charge in [0.05, 0.1) is 18.2 Å². The normalized spacial score (nSPS) is 13.3. The highest BCUT2D eigenvalue weighted by Crippen LogP contribution is 2.31. The van der Waals surface area contributed by atoms with E-state index >= 15 is 0 Å². The molecule has 1 saturated heterocycles. The number of methoxy groups -OCH3 is 1. The predicted octanol–water partition coefficient (Wildman–Crippen LogP) is 5.80. The summed E-state index contributed by atoms with van der Waals surface area (Å²) in [5.41, 5.74) is 1.14. The number of urea groups is 1. The molecule has 1 heterocycles. The Morgan fingerprint density at radius 1 is 0.860 bits per heavy atom. The molecule has 0 spiro atoms. The molecule has 12 heteroatoms. The molecule has 0 bridgehead atoms. The van der Waals surface area contributed by atoms with Crippen LogP contribution in [0.5, 0.6) is 5.75 Å². The van der Waals surface area contributed by atoms with Gasteiger partial charge in [0.2, 0.25) is 0 Å². The van der Waals surface area contributed by atoms with Gasteiger partial charge in [-0.25, -0.2) is 4.79 Å². The molecular weight excluding hydrogens is 563 g/mol. The van der Waals surface area contributed by atoms with Crippen molar-refractivity contribution in [1.82, 2.24) is 9.80 Å². The molecule has 2 N–H and O–H groups in total. The summed E-state index contributed by atoms with van der Waals surface area (Å²) in [5.74, 6) is -0.00136. The lowest BCUT2D eigenvalue weighted by Gasteiger charge is -2.37. The van der Waals surface area contributed by atoms with E-state index in [1.165, 1.54) is 24.1 Å². The minimum atomic E-state index is -4.51. The van der Waals surface area contributed by atoms with E-state index in [1.807, 2.05) is 18.7 Å². The number of ether oxygens (including phenoxy) is 1. The highest BCUT2D eigenvalue weighted by Gasteiger charge is 2.31. The third-order valence-corrected chi connectivity index (χ3v) is 7.22. The van der Waals surface area contributed by atoms with Gasteiger partial charge >= 0.3 is 12.2 Å². The minimum absolute atomic E-state index is 0.0564. The van der Waals surface area contributed by atoms with Gasteiger partial charge in [0, 0.05) is 61.9 Å². The second kappa shape index (κ2) is 13.5. The number of piperazine rings is 1. The molecule has 4 amide bonds. The number of nitrogens with zero attached hydrogens (tertiary/aromatic N) is 3. The molecule has 4 rings (SSSR count). The summed E-state index contributed by atoms with van der Waals surface area (Å²) in [6.45, 7) is 6.13. The molecule has 9 nitrogen and oxygen atoms in total. The summed E-state index contributed by atoms with van der Waals surface area (Å²) >= 11 is 0. The van der Waals surface area contributed by atoms with Crippen LogP contribution in [0, 0.1) is 0 Å². The number of halogens is 3. The second-order valence-electron chi connectivity index (χ2n) is 9.88. The summed E-state index contributed by atoms with van der Waals surface area (Å²) in [6.07, 6.45) is -4.51. The van der Waals surface area contributed by atoms with Crippen molar-refractivity contribution in [3.05, 3.63) is 83.4 Å². The van der Waals surface area contributed by atoms with Crippen LogP contribution in [0.4, 0.5) is 35.0 Å². The Kier molecular flexibility index (Phi) is 9.79. The van der Waals surface area contributed by atoms with Crippen LogP contribution < -0.4 is 20.3 Å². The number of hydrogen-bond donors (Lipinski definition) is 2. The number of carbonyl (C=O) groups is 3. The zero-order valence-electron chi connectivity index (χ0n) is 24.2. The molecular formula is C31H34F3N5O4. The maximum Gasteiger partial charge on any atom is 0.416 e. The lowest BCUT2D eigenvalue weighted by atomic mass is 10.1. The van der Waals surface area contributed by atoms with Crippen molar-refractivity contribution in [2.75, 3.05) is 61.9 Å². The fraction of sp³-hybridized carbons (Fsp3) is 0.323. The van der Waals surface area contributed by atoms with Gasteiger partial charge in [0.1, 0.15) is 5.75 Å². The van der Waals surface area contributed by atoms with Crippen molar-refractivity contribution in [3.8, 4) is 5.75 Å². The second-order valence-corrected chi connectivity index (χ2v) is 9.88. The first kappa shape index (κ1) is 31.2. The van der Waals surface area contributed by atoms with E-state index in [9.17, 15) is 27.6 Å². The van der Waals surface area contributed by atoms with Gasteiger partial charge in [-0.1, -0.05) is 12.1 Å². The average Bonchev–Trinajstić information content (AvgIpc) is 3.01. The van der Waals surface area contributed by atoms with Crippen molar-refractivity contribution in [2.45, 2.75) is 20.0 Å². The fourth-order valence-electron chi connectivity index (χ4n) is 4.84. The molecule has 1 aliphatic rings. The molecule has 3 aromatic rings. The maximum atomic E-state index is 13.6. The van der Waals surface area contributed by atoms with Crippen molar-refractivity contribution < 1.29 is 32.3 Å². The smallest absolute Gasteiger partial charge is 0.416 e. The van der Waals surface area contributed by atoms with Crippen LogP contribution in [0.15, 0.2) is 66.7 Å². The molecule has 0 aliphatic carbocycles. The van der Waals surface area contributed by atoms with Gasteiger partial charge < -0.3 is 30.1 Å². The average molecular weight is 598 g/mol. The number of alkyl halides is 3. The van der Waals surface area contributed by atoms with Crippen molar-refractivity contribution >= 4 is 34.9 Å². The van der Waals surface area contributed by atoms with E-state index in [0.29, 0.717) is 54.4 Å². The lowest BCUT2D eigenvalue weighted by molar-refractivity contribution is -0.137. The number of hydrogen-bond acceptors (Lipinski definition) is 5. The Bertz CT molecular complexity index is 1470. The first-order valence-corrected chi connectivity index (χ1v) is 13.9. The molecule has 0 aromatic heterocycles. The Morgan fingerprint density at radius 2 is 1.53 bits per heavy atom. The quantitative estimate of drug-likeness (QED) is 0.342. The number of benzene rings is 3. The Morgan fingerprint density at radius 3 is 2.19 bits per heavy atom. The summed E-state index contributed by atoms with van der Waals surface area (Å²) < 4.78 is 44.4. The monoisotopic (exact) mass is 597 g/mol. The molecule has 0 saturated carbocycles. The van der Waals surface area contributed by atoms with Gasteiger partial charge in [0.25, 0.3) is 11.8 Å². The molecule has 0 radical (unpaired) electrons. The van der Waals surface area contributed by atoms with Crippen LogP contribution in [0.3, 0.4) is 0 Å². The molecule has 0 unspecified atom stereocenters. The molecule has 43 heavy (non-hydrogen) atoms. The van der Waals surface area contributed by atoms with Gasteiger partial charge in [-0.3, -0.25) is 9.59 Å². The van der Waals surface area contributed by atoms with E-state index in [0.717, 1.165) is 12.1 Å². The van der Waals surface area contributed by atoms with Gasteiger partial charge in [-0.05, 0) is 68.4 Å². The molecule has 1 fully saturated rings. The Labute approximate surface area is 248 Å². The third kappa shape index (κ3) is 7.56. The number of anilines is 3. The largest absolute Gasteiger partial charge is 0.497 e. The predicted molar refractivity (Wildman–Crippen MR) is 159 cm³/mol. The Balaban J connectivity index is 1.49. The van der Waals surface area contributed by atoms with Crippen molar-refractivity contribution in [2.24, 2.45) is 0 Å². The Hall–Kier alpha value is -4.74. The van der Waals surface area contributed by atoms with E-state index in [1.54, 1.807) is 47.4 Å². The van der Waals surface area contributed by atoms with E-state index in [2.05, 4.69) is 10.6 Å². The molecule has 228 valence electrons. The van der Waals surface area contributed by atoms with Crippen molar-refractivity contribution in [3.63, 3.8) is 0 Å². The highest BCUT2D eigenvalue weighted by atomic mass is 19.4. The zero-order valence-corrected chi connectivity index (χ0v) is 24.2. The highest BCUT2D eigenvalue weighted by molar-refractivity contribution is 6.06. The van der Waals surface area contributed by atoms with Gasteiger partial charge in [-0.2, -0.15) is 13.2 Å². The maximum absolute atomic E-state index is 13.6. The van der Waals surface area contributed by atoms with Crippen LogP contribution in [0.2, 0.25) is 0 Å². The minimum Gasteiger partial charge on any atom is -0.497 e. The molecule has 3 aromatic carbocycles. The zero-order chi connectivity index (χ0) is 31.1. The summed E-state index contributed by atoms with van der Waals surface area (Å²) in [6, 6.07) is 15.9. The summed E-state index contributed by atoms with van der Waals surface area (Å²) in [5, 5.41) is 5.40. The van der Waals surface area contributed by atoms with E-state index < -0.39 is 17.8 Å². The third-order valence-electron chi connectivity index (χ3n) is 7.22. The van der Waals surface area contributed by atoms with Crippen LogP contribution in [-0.4, -0.2) is 74.0 Å². The van der Waals surface area contributed by atoms with Crippen LogP contribution >= 0.6 is 0 Å². The number of carbonyl (C=O) groups excluding carboxylic acids is 3. The van der Waals surface area contributed by atoms with Gasteiger partial charge in [-0.15, -0.1) is 0 Å². The first-order chi connectivity index (χ1) is 20.5. The molecule has 1 aliphatic heterocycles. The van der Waals surface area contributed by atoms with Crippen LogP contribution in [-0.2, 0) is 6.18 Å². The summed E-state index contributed by atoms with van der Waals surface area (Å²) in [7, 11) is 1.52. The van der Waals surface area contributed by atoms with Crippen LogP contribution in [0.1, 0.15) is 40.1 Å². The molecule has 0 atom stereocenters. The van der Waals surface area contributed by atoms with Gasteiger partial charge in [0.15, 0.2) is 0 Å². The number of amides is 4. The SMILES string of the molecule is CCN(CC)C(=O)c1cc(NC(=O)c2cccc(OC)c2)ccc1N1CCN(C(=O)Nc2cccc(C(F)(F)F)c2)CC1. The fourth-order valence-corrected chi connectivity index (χ4v) is 4.84. The number of nitrogens with one attached hydrogen (secondary N) is 2. The lowest BCUT2D eigenvalue weighted by Crippen LogP contribution is -2.50. The van der Waals surface area contributed by atoms with E-state index in [-0.39, 0.29) is 30.6 Å². The number of rotatable bonds is 8. The standard InChI is InChI=1S/C31H34F3N5O4/c1-4-37(5-2)29(41)26-20-24(35-28(40)21-8-6-11-25(18-21)43-3)12-13-27(26)38-14-16-39(17-15-38)30(42)36-23-10-7-9-22(19-23)31(32,33)34/h6-13,18-20H,4-5,14-17H2,1-3H3,(H,35,40)(H,36,42). The topological polar surface area (TPSA) is 94.2 Å².